The molecule has 0 amide bonds. The summed E-state index contributed by atoms with van der Waals surface area (Å²) >= 11 is 0. The molecule has 0 saturated carbocycles. The van der Waals surface area contributed by atoms with Gasteiger partial charge in [0.05, 0.1) is 27.8 Å². The Hall–Kier alpha value is -13.4. The average Bonchev–Trinajstić information content (AvgIpc) is 1.57. The van der Waals surface area contributed by atoms with Crippen LogP contribution in [0.1, 0.15) is 296 Å². The highest BCUT2D eigenvalue weighted by atomic mass is 16.4. The zero-order valence-electron chi connectivity index (χ0n) is 99.5. The van der Waals surface area contributed by atoms with Crippen molar-refractivity contribution in [1.29, 1.82) is 0 Å². The van der Waals surface area contributed by atoms with E-state index in [2.05, 4.69) is 246 Å². The van der Waals surface area contributed by atoms with Gasteiger partial charge >= 0.3 is 0 Å². The number of hydrogen-bond donors (Lipinski definition) is 0. The normalized spacial score (nSPS) is 13.7. The molecule has 15 heterocycles. The number of hydrogen-bond acceptors (Lipinski definition) is 10. The Morgan fingerprint density at radius 3 is 0.693 bits per heavy atom. The van der Waals surface area contributed by atoms with Crippen molar-refractivity contribution in [2.24, 2.45) is 35.2 Å². The first-order valence-corrected chi connectivity index (χ1v) is 49.6. The molecule has 0 fully saturated rings. The molecule has 15 aromatic heterocycles. The van der Waals surface area contributed by atoms with Crippen LogP contribution in [0.3, 0.4) is 0 Å². The van der Waals surface area contributed by atoms with Gasteiger partial charge in [0.25, 0.3) is 0 Å². The van der Waals surface area contributed by atoms with E-state index in [1.165, 1.54) is 55.6 Å². The van der Waals surface area contributed by atoms with Crippen LogP contribution < -0.4 is 22.8 Å². The van der Waals surface area contributed by atoms with Gasteiger partial charge in [-0.05, 0) is 244 Å². The number of fused-ring (bicyclic) bond motifs is 15. The molecule has 0 N–H and O–H groups in total. The van der Waals surface area contributed by atoms with Crippen LogP contribution in [0.15, 0.2) is 205 Å². The predicted octanol–water partition coefficient (Wildman–Crippen LogP) is 30.1. The summed E-state index contributed by atoms with van der Waals surface area (Å²) in [5.74, 6) is 1.46. The Bertz CT molecular complexity index is 8750. The number of nitrogens with zero attached hydrogens (tertiary/aromatic N) is 10. The lowest BCUT2D eigenvalue weighted by molar-refractivity contribution is -0.661. The fourth-order valence-corrected chi connectivity index (χ4v) is 19.6. The van der Waals surface area contributed by atoms with E-state index in [9.17, 15) is 0 Å². The van der Waals surface area contributed by atoms with Crippen LogP contribution in [0.5, 0.6) is 0 Å². The van der Waals surface area contributed by atoms with E-state index in [4.69, 9.17) is 53.5 Å². The van der Waals surface area contributed by atoms with Crippen molar-refractivity contribution in [3.8, 4) is 56.3 Å². The number of pyridine rings is 10. The third kappa shape index (κ3) is 19.0. The van der Waals surface area contributed by atoms with Crippen LogP contribution in [0.2, 0.25) is 0 Å². The minimum atomic E-state index is -1.70. The van der Waals surface area contributed by atoms with Crippen molar-refractivity contribution in [3.63, 3.8) is 0 Å². The molecule has 0 bridgehead atoms. The SMILES string of the molecule is CCc1cc(-c2c(C)ccc3c2oc2nc(C(C)C)ccc23)[n+](C)cc1CC.[2H]C([2H])(C)c1cc(-c2c(C)ccc3c2oc2nc(C(C)C)ccc23)[n+](C)cc1C(C)C.[2H]C([2H])(C)c1cc(-c2c(C)ccc3c2oc2nc(C(C)C)ccc23)[n+](C)cc1C([2H])([2H])C.[2H]C([2H])(C)c1cc(-c2c(C)ccc3c2oc2nc(CC)ccc23)[n+](C)cc1C(C)C.[2H]C([2H])(C)c1cc(-c2c(C)ccc3c2oc2nc(CC)ccc23)[n+](C)cc1C([2H])([2H])C. The van der Waals surface area contributed by atoms with Gasteiger partial charge < -0.3 is 22.1 Å². The Morgan fingerprint density at radius 2 is 0.457 bits per heavy atom. The van der Waals surface area contributed by atoms with Gasteiger partial charge in [0, 0.05) is 157 Å². The summed E-state index contributed by atoms with van der Waals surface area (Å²) in [6.45, 7) is 49.2. The fraction of sp³-hybridized carbons (Fsp3) is 0.360. The summed E-state index contributed by atoms with van der Waals surface area (Å²) in [5, 5.41) is 10.1. The van der Waals surface area contributed by atoms with E-state index >= 15 is 0 Å². The Balaban J connectivity index is 0.000000135. The molecule has 0 atom stereocenters. The van der Waals surface area contributed by atoms with Crippen LogP contribution in [-0.4, -0.2) is 24.9 Å². The van der Waals surface area contributed by atoms with E-state index in [0.29, 0.717) is 68.1 Å². The molecule has 15 heteroatoms. The second kappa shape index (κ2) is 41.6. The molecule has 15 nitrogen and oxygen atoms in total. The molecule has 0 aliphatic carbocycles. The zero-order valence-corrected chi connectivity index (χ0v) is 87.5. The van der Waals surface area contributed by atoms with Gasteiger partial charge in [0.15, 0.2) is 58.9 Å². The highest BCUT2D eigenvalue weighted by Crippen LogP contribution is 2.45. The monoisotopic (exact) mass is 1880 g/mol. The van der Waals surface area contributed by atoms with Crippen molar-refractivity contribution in [1.82, 2.24) is 24.9 Å². The molecule has 0 spiro atoms. The maximum Gasteiger partial charge on any atom is 0.227 e. The number of furan rings is 5. The minimum absolute atomic E-state index is 0.229. The zero-order chi connectivity index (χ0) is 111. The second-order valence-electron chi connectivity index (χ2n) is 38.7. The summed E-state index contributed by atoms with van der Waals surface area (Å²) in [4.78, 5) is 23.6. The first kappa shape index (κ1) is 84.7. The molecule has 0 aliphatic rings. The van der Waals surface area contributed by atoms with E-state index in [0.717, 1.165) is 220 Å². The van der Waals surface area contributed by atoms with E-state index < -0.39 is 38.2 Å². The summed E-state index contributed by atoms with van der Waals surface area (Å²) in [6.07, 6.45) is 3.93. The Kier molecular flexibility index (Phi) is 25.1. The van der Waals surface area contributed by atoms with E-state index in [1.54, 1.807) is 38.4 Å². The third-order valence-electron chi connectivity index (χ3n) is 27.8. The van der Waals surface area contributed by atoms with Crippen molar-refractivity contribution in [3.05, 3.63) is 295 Å². The third-order valence-corrected chi connectivity index (χ3v) is 27.8. The van der Waals surface area contributed by atoms with E-state index in [-0.39, 0.29) is 17.8 Å². The first-order valence-electron chi connectivity index (χ1n) is 55.6. The summed E-state index contributed by atoms with van der Waals surface area (Å²) in [7, 11) is 9.88. The average molecular weight is 1880 g/mol. The fourth-order valence-electron chi connectivity index (χ4n) is 19.6. The first-order chi connectivity index (χ1) is 71.2. The number of aromatic nitrogens is 10. The standard InChI is InChI=1S/C26H31N2O.3C25H29N2O.C24H27N2O/c1-8-18-13-23(28(7)14-21(18)15(2)3)24-17(6)9-10-19-20-11-12-22(16(4)5)27-26(20)29-25(19)24;1-7-17-13-22(27(6)14-21(17)15(3)4)23-16(5)9-11-19-20-12-10-18(8-2)26-25(20)28-24(19)23;2*1-7-17-13-22(27(6)14-18(17)8-2)23-16(5)9-10-19-20-11-12-21(15(3)4)26-25(20)28-24(19)23;1-6-16-13-21(26(5)14-17(16)7-2)22-15(4)9-11-19-20-12-10-18(8-3)25-24(20)27-23(19)22/h9-16H,8H2,1-7H3;3*9-15H,7-8H2,1-6H3;9-14H,6-8H2,1-5H3/q5*+1/i8D2;7D2;7D2,8D2;;6D2,7D2. The molecular formula is C125H145N10O5+5. The lowest BCUT2D eigenvalue weighted by atomic mass is 9.94. The molecule has 20 rings (SSSR count). The Labute approximate surface area is 844 Å². The van der Waals surface area contributed by atoms with Gasteiger partial charge in [-0.3, -0.25) is 0 Å². The summed E-state index contributed by atoms with van der Waals surface area (Å²) in [6, 6.07) is 51.5. The minimum Gasteiger partial charge on any atom is -0.437 e. The van der Waals surface area contributed by atoms with Gasteiger partial charge in [0.2, 0.25) is 57.0 Å². The predicted molar refractivity (Wildman–Crippen MR) is 579 cm³/mol. The molecule has 0 aliphatic heterocycles. The van der Waals surface area contributed by atoms with Crippen LogP contribution in [0, 0.1) is 34.6 Å². The van der Waals surface area contributed by atoms with Gasteiger partial charge in [-0.25, -0.2) is 47.8 Å². The van der Waals surface area contributed by atoms with Crippen molar-refractivity contribution in [2.75, 3.05) is 0 Å². The second-order valence-corrected chi connectivity index (χ2v) is 38.7. The highest BCUT2D eigenvalue weighted by molar-refractivity contribution is 6.13. The molecule has 5 aromatic carbocycles. The van der Waals surface area contributed by atoms with Gasteiger partial charge in [-0.15, -0.1) is 0 Å². The van der Waals surface area contributed by atoms with Crippen LogP contribution in [0.4, 0.5) is 0 Å². The molecule has 140 heavy (non-hydrogen) atoms. The van der Waals surface area contributed by atoms with Crippen LogP contribution in [0.25, 0.3) is 167 Å². The van der Waals surface area contributed by atoms with Gasteiger partial charge in [-0.1, -0.05) is 199 Å². The molecule has 0 unspecified atom stereocenters. The topological polar surface area (TPSA) is 150 Å². The van der Waals surface area contributed by atoms with Gasteiger partial charge in [0.1, 0.15) is 35.2 Å². The smallest absolute Gasteiger partial charge is 0.227 e. The number of benzene rings is 5. The summed E-state index contributed by atoms with van der Waals surface area (Å²) < 4.78 is 142. The number of rotatable bonds is 20. The van der Waals surface area contributed by atoms with Crippen molar-refractivity contribution in [2.45, 2.75) is 267 Å². The number of aryl methyl sites for hydroxylation is 20. The highest BCUT2D eigenvalue weighted by Gasteiger charge is 2.32. The largest absolute Gasteiger partial charge is 0.437 e. The maximum atomic E-state index is 8.43. The summed E-state index contributed by atoms with van der Waals surface area (Å²) in [5.41, 5.74) is 34.8. The quantitative estimate of drug-likeness (QED) is 0.0675. The molecular weight excluding hydrogens is 1720 g/mol. The van der Waals surface area contributed by atoms with Crippen LogP contribution >= 0.6 is 0 Å². The van der Waals surface area contributed by atoms with Gasteiger partial charge in [-0.2, -0.15) is 0 Å². The van der Waals surface area contributed by atoms with Crippen LogP contribution in [-0.2, 0) is 99.2 Å². The maximum absolute atomic E-state index is 8.43. The Morgan fingerprint density at radius 1 is 0.236 bits per heavy atom. The lowest BCUT2D eigenvalue weighted by Crippen LogP contribution is -2.32. The lowest BCUT2D eigenvalue weighted by Gasteiger charge is -2.13. The van der Waals surface area contributed by atoms with Crippen molar-refractivity contribution < 1.29 is 61.4 Å². The molecule has 720 valence electrons. The molecule has 0 radical (unpaired) electrons. The van der Waals surface area contributed by atoms with E-state index in [1.807, 2.05) is 112 Å². The molecule has 20 aromatic rings. The van der Waals surface area contributed by atoms with Crippen molar-refractivity contribution >= 4 is 110 Å². The molecule has 0 saturated heterocycles.